The third-order valence-corrected chi connectivity index (χ3v) is 8.10. The molecule has 0 spiro atoms. The first-order chi connectivity index (χ1) is 16.3. The SMILES string of the molecule is CC1(C)OB(c2cccc(-c3nc(-c4ccccc4)c4sc5ccccc5c4n3)c2)OC1(C)C. The van der Waals surface area contributed by atoms with E-state index in [4.69, 9.17) is 19.3 Å². The van der Waals surface area contributed by atoms with Crippen molar-refractivity contribution in [3.63, 3.8) is 0 Å². The van der Waals surface area contributed by atoms with Crippen molar-refractivity contribution in [2.75, 3.05) is 0 Å². The molecule has 0 atom stereocenters. The Balaban J connectivity index is 1.52. The minimum atomic E-state index is -0.427. The van der Waals surface area contributed by atoms with Crippen LogP contribution < -0.4 is 5.46 Å². The molecule has 0 aliphatic carbocycles. The fourth-order valence-corrected chi connectivity index (χ4v) is 5.47. The third-order valence-electron chi connectivity index (χ3n) is 6.94. The topological polar surface area (TPSA) is 44.2 Å². The summed E-state index contributed by atoms with van der Waals surface area (Å²) in [6.45, 7) is 8.28. The van der Waals surface area contributed by atoms with Crippen molar-refractivity contribution in [2.45, 2.75) is 38.9 Å². The van der Waals surface area contributed by atoms with Crippen molar-refractivity contribution < 1.29 is 9.31 Å². The summed E-state index contributed by atoms with van der Waals surface area (Å²) in [5, 5.41) is 1.16. The van der Waals surface area contributed by atoms with E-state index in [1.54, 1.807) is 11.3 Å². The molecule has 0 unspecified atom stereocenters. The number of hydrogen-bond donors (Lipinski definition) is 0. The highest BCUT2D eigenvalue weighted by molar-refractivity contribution is 7.26. The lowest BCUT2D eigenvalue weighted by molar-refractivity contribution is 0.00578. The quantitative estimate of drug-likeness (QED) is 0.287. The van der Waals surface area contributed by atoms with E-state index in [1.165, 1.54) is 4.70 Å². The van der Waals surface area contributed by atoms with Gasteiger partial charge >= 0.3 is 7.12 Å². The van der Waals surface area contributed by atoms with E-state index in [-0.39, 0.29) is 11.2 Å². The monoisotopic (exact) mass is 464 g/mol. The zero-order chi connectivity index (χ0) is 23.5. The fourth-order valence-electron chi connectivity index (χ4n) is 4.32. The Hall–Kier alpha value is -3.06. The normalized spacial score (nSPS) is 17.0. The molecule has 1 fully saturated rings. The van der Waals surface area contributed by atoms with E-state index in [0.717, 1.165) is 37.9 Å². The van der Waals surface area contributed by atoms with Crippen LogP contribution in [-0.4, -0.2) is 28.3 Å². The molecule has 1 saturated heterocycles. The van der Waals surface area contributed by atoms with Crippen molar-refractivity contribution in [2.24, 2.45) is 0 Å². The predicted octanol–water partition coefficient (Wildman–Crippen LogP) is 6.48. The van der Waals surface area contributed by atoms with Gasteiger partial charge < -0.3 is 9.31 Å². The van der Waals surface area contributed by atoms with Gasteiger partial charge in [-0.25, -0.2) is 9.97 Å². The Bertz CT molecular complexity index is 1510. The second-order valence-electron chi connectivity index (χ2n) is 9.75. The van der Waals surface area contributed by atoms with Crippen molar-refractivity contribution >= 4 is 44.2 Å². The molecule has 1 aliphatic heterocycles. The molecule has 3 aromatic carbocycles. The molecular weight excluding hydrogens is 439 g/mol. The number of benzene rings is 3. The van der Waals surface area contributed by atoms with Gasteiger partial charge in [-0.15, -0.1) is 11.3 Å². The first kappa shape index (κ1) is 21.5. The molecule has 5 aromatic rings. The van der Waals surface area contributed by atoms with E-state index in [0.29, 0.717) is 5.82 Å². The molecule has 0 amide bonds. The molecule has 0 saturated carbocycles. The molecule has 2 aromatic heterocycles. The summed E-state index contributed by atoms with van der Waals surface area (Å²) in [5.74, 6) is 0.702. The first-order valence-corrected chi connectivity index (χ1v) is 12.3. The Morgan fingerprint density at radius 3 is 2.18 bits per heavy atom. The molecule has 0 bridgehead atoms. The largest absolute Gasteiger partial charge is 0.494 e. The molecule has 3 heterocycles. The Morgan fingerprint density at radius 1 is 0.735 bits per heavy atom. The maximum atomic E-state index is 6.29. The van der Waals surface area contributed by atoms with Crippen molar-refractivity contribution in [3.05, 3.63) is 78.9 Å². The van der Waals surface area contributed by atoms with Gasteiger partial charge in [0, 0.05) is 21.2 Å². The van der Waals surface area contributed by atoms with E-state index in [1.807, 2.05) is 18.2 Å². The van der Waals surface area contributed by atoms with Crippen LogP contribution in [-0.2, 0) is 9.31 Å². The molecule has 168 valence electrons. The number of thiophene rings is 1. The van der Waals surface area contributed by atoms with Crippen LogP contribution in [0.15, 0.2) is 78.9 Å². The average molecular weight is 464 g/mol. The predicted molar refractivity (Wildman–Crippen MR) is 142 cm³/mol. The lowest BCUT2D eigenvalue weighted by Crippen LogP contribution is -2.41. The molecule has 34 heavy (non-hydrogen) atoms. The van der Waals surface area contributed by atoms with Crippen LogP contribution in [0.5, 0.6) is 0 Å². The summed E-state index contributed by atoms with van der Waals surface area (Å²) in [6, 6.07) is 27.0. The van der Waals surface area contributed by atoms with Gasteiger partial charge in [0.1, 0.15) is 0 Å². The van der Waals surface area contributed by atoms with E-state index < -0.39 is 7.12 Å². The summed E-state index contributed by atoms with van der Waals surface area (Å²) in [7, 11) is -0.427. The summed E-state index contributed by atoms with van der Waals surface area (Å²) >= 11 is 1.75. The van der Waals surface area contributed by atoms with Gasteiger partial charge in [0.2, 0.25) is 0 Å². The second-order valence-corrected chi connectivity index (χ2v) is 10.8. The zero-order valence-electron chi connectivity index (χ0n) is 19.7. The Kier molecular flexibility index (Phi) is 4.89. The standard InChI is InChI=1S/C28H25BN2O2S/c1-27(2)28(3,4)33-29(32-27)20-14-10-13-19(17-20)26-30-23(18-11-6-5-7-12-18)25-24(31-26)21-15-8-9-16-22(21)34-25/h5-17H,1-4H3. The van der Waals surface area contributed by atoms with Crippen molar-refractivity contribution in [1.29, 1.82) is 0 Å². The van der Waals surface area contributed by atoms with Gasteiger partial charge in [-0.2, -0.15) is 0 Å². The van der Waals surface area contributed by atoms with Gasteiger partial charge in [0.15, 0.2) is 5.82 Å². The summed E-state index contributed by atoms with van der Waals surface area (Å²) in [6.07, 6.45) is 0. The maximum Gasteiger partial charge on any atom is 0.494 e. The number of hydrogen-bond acceptors (Lipinski definition) is 5. The molecule has 0 N–H and O–H groups in total. The van der Waals surface area contributed by atoms with Crippen LogP contribution in [0.25, 0.3) is 42.9 Å². The minimum Gasteiger partial charge on any atom is -0.399 e. The lowest BCUT2D eigenvalue weighted by atomic mass is 9.78. The van der Waals surface area contributed by atoms with E-state index >= 15 is 0 Å². The van der Waals surface area contributed by atoms with Crippen LogP contribution in [0.3, 0.4) is 0 Å². The smallest absolute Gasteiger partial charge is 0.399 e. The van der Waals surface area contributed by atoms with E-state index in [2.05, 4.69) is 88.4 Å². The van der Waals surface area contributed by atoms with Crippen LogP contribution >= 0.6 is 11.3 Å². The van der Waals surface area contributed by atoms with Gasteiger partial charge in [-0.05, 0) is 39.2 Å². The number of rotatable bonds is 3. The number of fused-ring (bicyclic) bond motifs is 3. The highest BCUT2D eigenvalue weighted by Crippen LogP contribution is 2.39. The van der Waals surface area contributed by atoms with Crippen molar-refractivity contribution in [1.82, 2.24) is 9.97 Å². The summed E-state index contributed by atoms with van der Waals surface area (Å²) < 4.78 is 14.9. The number of aromatic nitrogens is 2. The first-order valence-electron chi connectivity index (χ1n) is 11.5. The van der Waals surface area contributed by atoms with Crippen LogP contribution in [0.1, 0.15) is 27.7 Å². The lowest BCUT2D eigenvalue weighted by Gasteiger charge is -2.32. The molecule has 4 nitrogen and oxygen atoms in total. The molecular formula is C28H25BN2O2S. The van der Waals surface area contributed by atoms with Gasteiger partial charge in [0.05, 0.1) is 27.1 Å². The van der Waals surface area contributed by atoms with Gasteiger partial charge in [-0.1, -0.05) is 72.8 Å². The van der Waals surface area contributed by atoms with Gasteiger partial charge in [-0.3, -0.25) is 0 Å². The van der Waals surface area contributed by atoms with Gasteiger partial charge in [0.25, 0.3) is 0 Å². The van der Waals surface area contributed by atoms with Crippen LogP contribution in [0, 0.1) is 0 Å². The van der Waals surface area contributed by atoms with E-state index in [9.17, 15) is 0 Å². The summed E-state index contributed by atoms with van der Waals surface area (Å²) in [5.41, 5.74) is 4.18. The van der Waals surface area contributed by atoms with Crippen molar-refractivity contribution in [3.8, 4) is 22.6 Å². The third kappa shape index (κ3) is 3.45. The average Bonchev–Trinajstić information content (AvgIpc) is 3.32. The number of nitrogens with zero attached hydrogens (tertiary/aromatic N) is 2. The Labute approximate surface area is 203 Å². The molecule has 0 radical (unpaired) electrons. The highest BCUT2D eigenvalue weighted by atomic mass is 32.1. The maximum absolute atomic E-state index is 6.29. The highest BCUT2D eigenvalue weighted by Gasteiger charge is 2.51. The fraction of sp³-hybridized carbons (Fsp3) is 0.214. The second kappa shape index (κ2) is 7.74. The molecule has 1 aliphatic rings. The minimum absolute atomic E-state index is 0.390. The molecule has 6 rings (SSSR count). The molecule has 6 heteroatoms. The zero-order valence-corrected chi connectivity index (χ0v) is 20.5. The Morgan fingerprint density at radius 2 is 1.41 bits per heavy atom. The van der Waals surface area contributed by atoms with Crippen LogP contribution in [0.4, 0.5) is 0 Å². The summed E-state index contributed by atoms with van der Waals surface area (Å²) in [4.78, 5) is 10.1. The van der Waals surface area contributed by atoms with Crippen LogP contribution in [0.2, 0.25) is 0 Å².